The molecular formula is C22H25NO2. The van der Waals surface area contributed by atoms with E-state index in [0.717, 1.165) is 23.4 Å². The average Bonchev–Trinajstić information content (AvgIpc) is 2.70. The highest BCUT2D eigenvalue weighted by Gasteiger charge is 2.42. The molecule has 0 aliphatic carbocycles. The Hall–Kier alpha value is -2.13. The Kier molecular flexibility index (Phi) is 4.58. The number of carbonyl (C=O) groups is 1. The van der Waals surface area contributed by atoms with E-state index < -0.39 is 0 Å². The van der Waals surface area contributed by atoms with Gasteiger partial charge in [-0.2, -0.15) is 0 Å². The van der Waals surface area contributed by atoms with Crippen molar-refractivity contribution in [3.63, 3.8) is 0 Å². The standard InChI is InChI=1S/C22H25NO2/c1-25-20-10-6-5-9-18(20)21(22(24)17-7-3-2-4-8-17)19-15-23-13-11-16(19)12-14-23/h2-10,16,19,21H,11-15H2,1H3/t19-,21-/m1/s1. The van der Waals surface area contributed by atoms with E-state index in [2.05, 4.69) is 11.0 Å². The molecule has 130 valence electrons. The van der Waals surface area contributed by atoms with E-state index in [4.69, 9.17) is 4.74 Å². The number of Topliss-reactive ketones (excluding diaryl/α,β-unsaturated/α-hetero) is 1. The molecule has 3 fully saturated rings. The average molecular weight is 335 g/mol. The molecule has 3 aliphatic heterocycles. The molecule has 2 aromatic rings. The maximum atomic E-state index is 13.5. The van der Waals surface area contributed by atoms with Gasteiger partial charge < -0.3 is 9.64 Å². The maximum absolute atomic E-state index is 13.5. The van der Waals surface area contributed by atoms with Gasteiger partial charge in [-0.05, 0) is 43.8 Å². The number of fused-ring (bicyclic) bond motifs is 3. The van der Waals surface area contributed by atoms with Gasteiger partial charge in [-0.25, -0.2) is 0 Å². The number of hydrogen-bond acceptors (Lipinski definition) is 3. The van der Waals surface area contributed by atoms with Crippen LogP contribution in [0, 0.1) is 11.8 Å². The van der Waals surface area contributed by atoms with Crippen LogP contribution in [-0.4, -0.2) is 37.4 Å². The summed E-state index contributed by atoms with van der Waals surface area (Å²) in [6.07, 6.45) is 2.41. The second kappa shape index (κ2) is 7.01. The van der Waals surface area contributed by atoms with E-state index in [0.29, 0.717) is 11.8 Å². The molecule has 0 saturated carbocycles. The monoisotopic (exact) mass is 335 g/mol. The molecule has 2 atom stereocenters. The zero-order valence-electron chi connectivity index (χ0n) is 14.7. The fraction of sp³-hybridized carbons (Fsp3) is 0.409. The Bertz CT molecular complexity index is 735. The first kappa shape index (κ1) is 16.3. The first-order valence-electron chi connectivity index (χ1n) is 9.22. The molecule has 3 heteroatoms. The third-order valence-corrected chi connectivity index (χ3v) is 5.95. The summed E-state index contributed by atoms with van der Waals surface area (Å²) >= 11 is 0. The Balaban J connectivity index is 1.77. The lowest BCUT2D eigenvalue weighted by atomic mass is 9.68. The summed E-state index contributed by atoms with van der Waals surface area (Å²) < 4.78 is 5.62. The summed E-state index contributed by atoms with van der Waals surface area (Å²) in [5.41, 5.74) is 1.84. The SMILES string of the molecule is COc1ccccc1[C@@H](C(=O)c1ccccc1)[C@@H]1CN2CCC1CC2. The zero-order valence-corrected chi connectivity index (χ0v) is 14.7. The summed E-state index contributed by atoms with van der Waals surface area (Å²) in [4.78, 5) is 16.0. The number of methoxy groups -OCH3 is 1. The summed E-state index contributed by atoms with van der Waals surface area (Å²) in [5.74, 6) is 1.92. The number of piperidine rings is 3. The van der Waals surface area contributed by atoms with Crippen molar-refractivity contribution in [3.05, 3.63) is 65.7 Å². The minimum absolute atomic E-state index is 0.133. The molecule has 0 spiro atoms. The highest BCUT2D eigenvalue weighted by atomic mass is 16.5. The summed E-state index contributed by atoms with van der Waals surface area (Å²) in [6, 6.07) is 17.8. The molecule has 3 heterocycles. The zero-order chi connectivity index (χ0) is 17.2. The number of rotatable bonds is 5. The van der Waals surface area contributed by atoms with E-state index in [1.165, 1.54) is 25.9 Å². The van der Waals surface area contributed by atoms with Crippen molar-refractivity contribution in [2.75, 3.05) is 26.7 Å². The van der Waals surface area contributed by atoms with Crippen molar-refractivity contribution in [2.24, 2.45) is 11.8 Å². The molecule has 0 amide bonds. The van der Waals surface area contributed by atoms with E-state index in [1.807, 2.05) is 48.5 Å². The molecule has 0 aromatic heterocycles. The van der Waals surface area contributed by atoms with E-state index in [-0.39, 0.29) is 11.7 Å². The Morgan fingerprint density at radius 3 is 2.36 bits per heavy atom. The molecule has 3 aliphatic rings. The van der Waals surface area contributed by atoms with Gasteiger partial charge in [0.15, 0.2) is 5.78 Å². The van der Waals surface area contributed by atoms with Crippen LogP contribution in [-0.2, 0) is 0 Å². The predicted molar refractivity (Wildman–Crippen MR) is 99.2 cm³/mol. The molecule has 25 heavy (non-hydrogen) atoms. The highest BCUT2D eigenvalue weighted by molar-refractivity contribution is 6.01. The van der Waals surface area contributed by atoms with Crippen molar-refractivity contribution in [3.8, 4) is 5.75 Å². The van der Waals surface area contributed by atoms with Crippen LogP contribution >= 0.6 is 0 Å². The third kappa shape index (κ3) is 3.09. The van der Waals surface area contributed by atoms with Gasteiger partial charge in [0, 0.05) is 17.7 Å². The fourth-order valence-electron chi connectivity index (χ4n) is 4.66. The minimum Gasteiger partial charge on any atom is -0.496 e. The highest BCUT2D eigenvalue weighted by Crippen LogP contribution is 2.44. The van der Waals surface area contributed by atoms with Gasteiger partial charge in [0.05, 0.1) is 13.0 Å². The van der Waals surface area contributed by atoms with E-state index in [1.54, 1.807) is 7.11 Å². The summed E-state index contributed by atoms with van der Waals surface area (Å²) in [6.45, 7) is 3.38. The van der Waals surface area contributed by atoms with Crippen LogP contribution in [0.2, 0.25) is 0 Å². The second-order valence-corrected chi connectivity index (χ2v) is 7.25. The molecule has 0 unspecified atom stereocenters. The van der Waals surface area contributed by atoms with Crippen LogP contribution in [0.15, 0.2) is 54.6 Å². The van der Waals surface area contributed by atoms with Gasteiger partial charge >= 0.3 is 0 Å². The first-order valence-corrected chi connectivity index (χ1v) is 9.22. The van der Waals surface area contributed by atoms with Crippen molar-refractivity contribution in [1.82, 2.24) is 4.90 Å². The van der Waals surface area contributed by atoms with Crippen molar-refractivity contribution in [2.45, 2.75) is 18.8 Å². The van der Waals surface area contributed by atoms with Gasteiger partial charge in [0.1, 0.15) is 5.75 Å². The van der Waals surface area contributed by atoms with Gasteiger partial charge in [-0.1, -0.05) is 48.5 Å². The van der Waals surface area contributed by atoms with E-state index >= 15 is 0 Å². The lowest BCUT2D eigenvalue weighted by Gasteiger charge is -2.47. The number of carbonyl (C=O) groups excluding carboxylic acids is 1. The lowest BCUT2D eigenvalue weighted by Crippen LogP contribution is -2.50. The summed E-state index contributed by atoms with van der Waals surface area (Å²) in [7, 11) is 1.69. The van der Waals surface area contributed by atoms with Gasteiger partial charge in [-0.15, -0.1) is 0 Å². The van der Waals surface area contributed by atoms with Crippen LogP contribution in [0.4, 0.5) is 0 Å². The van der Waals surface area contributed by atoms with Crippen molar-refractivity contribution >= 4 is 5.78 Å². The van der Waals surface area contributed by atoms with Crippen LogP contribution in [0.3, 0.4) is 0 Å². The predicted octanol–water partition coefficient (Wildman–Crippen LogP) is 4.00. The van der Waals surface area contributed by atoms with E-state index in [9.17, 15) is 4.79 Å². The van der Waals surface area contributed by atoms with Gasteiger partial charge in [-0.3, -0.25) is 4.79 Å². The lowest BCUT2D eigenvalue weighted by molar-refractivity contribution is 0.0343. The van der Waals surface area contributed by atoms with Crippen LogP contribution < -0.4 is 4.74 Å². The second-order valence-electron chi connectivity index (χ2n) is 7.25. The Morgan fingerprint density at radius 2 is 1.72 bits per heavy atom. The number of ketones is 1. The van der Waals surface area contributed by atoms with Gasteiger partial charge in [0.25, 0.3) is 0 Å². The maximum Gasteiger partial charge on any atom is 0.170 e. The number of benzene rings is 2. The normalized spacial score (nSPS) is 26.2. The fourth-order valence-corrected chi connectivity index (χ4v) is 4.66. The first-order chi connectivity index (χ1) is 12.3. The molecule has 0 N–H and O–H groups in total. The molecule has 3 nitrogen and oxygen atoms in total. The Labute approximate surface area is 149 Å². The quantitative estimate of drug-likeness (QED) is 0.774. The smallest absolute Gasteiger partial charge is 0.170 e. The molecule has 2 bridgehead atoms. The molecule has 0 radical (unpaired) electrons. The Morgan fingerprint density at radius 1 is 1.04 bits per heavy atom. The third-order valence-electron chi connectivity index (χ3n) is 5.95. The van der Waals surface area contributed by atoms with Crippen LogP contribution in [0.25, 0.3) is 0 Å². The largest absolute Gasteiger partial charge is 0.496 e. The molecule has 2 aromatic carbocycles. The topological polar surface area (TPSA) is 29.5 Å². The number of ether oxygens (including phenoxy) is 1. The van der Waals surface area contributed by atoms with Gasteiger partial charge in [0.2, 0.25) is 0 Å². The molecule has 5 rings (SSSR count). The number of nitrogens with zero attached hydrogens (tertiary/aromatic N) is 1. The molecule has 3 saturated heterocycles. The molecular weight excluding hydrogens is 310 g/mol. The van der Waals surface area contributed by atoms with Crippen molar-refractivity contribution in [1.29, 1.82) is 0 Å². The van der Waals surface area contributed by atoms with Crippen LogP contribution in [0.1, 0.15) is 34.7 Å². The summed E-state index contributed by atoms with van der Waals surface area (Å²) in [5, 5.41) is 0. The minimum atomic E-state index is -0.133. The van der Waals surface area contributed by atoms with Crippen molar-refractivity contribution < 1.29 is 9.53 Å². The van der Waals surface area contributed by atoms with Crippen LogP contribution in [0.5, 0.6) is 5.75 Å². The number of hydrogen-bond donors (Lipinski definition) is 0. The number of para-hydroxylation sites is 1.